The molecule has 0 aromatic heterocycles. The van der Waals surface area contributed by atoms with Crippen molar-refractivity contribution < 1.29 is 14.3 Å². The van der Waals surface area contributed by atoms with Crippen molar-refractivity contribution in [2.24, 2.45) is 4.99 Å². The van der Waals surface area contributed by atoms with Gasteiger partial charge in [0.15, 0.2) is 5.96 Å². The Balaban J connectivity index is 0.00000392. The van der Waals surface area contributed by atoms with Crippen molar-refractivity contribution in [2.75, 3.05) is 54.1 Å². The van der Waals surface area contributed by atoms with Crippen molar-refractivity contribution in [2.45, 2.75) is 25.2 Å². The van der Waals surface area contributed by atoms with Gasteiger partial charge >= 0.3 is 0 Å². The predicted molar refractivity (Wildman–Crippen MR) is 123 cm³/mol. The number of aliphatic imine (C=N–C) groups is 1. The fourth-order valence-corrected chi connectivity index (χ4v) is 3.16. The molecule has 1 aliphatic rings. The van der Waals surface area contributed by atoms with E-state index in [-0.39, 0.29) is 41.8 Å². The number of guanidine groups is 1. The predicted octanol–water partition coefficient (Wildman–Crippen LogP) is 2.00. The first-order valence-electron chi connectivity index (χ1n) is 9.45. The summed E-state index contributed by atoms with van der Waals surface area (Å²) in [6.07, 6.45) is 1.87. The van der Waals surface area contributed by atoms with Crippen molar-refractivity contribution in [1.82, 2.24) is 15.5 Å². The number of nitrogens with one attached hydrogen (secondary N) is 2. The van der Waals surface area contributed by atoms with Crippen LogP contribution in [0.2, 0.25) is 0 Å². The molecule has 1 aliphatic heterocycles. The molecule has 28 heavy (non-hydrogen) atoms. The molecule has 1 fully saturated rings. The number of hydrogen-bond donors (Lipinski definition) is 2. The van der Waals surface area contributed by atoms with E-state index in [4.69, 9.17) is 9.47 Å². The minimum absolute atomic E-state index is 0. The molecule has 0 unspecified atom stereocenters. The lowest BCUT2D eigenvalue weighted by atomic mass is 9.74. The van der Waals surface area contributed by atoms with E-state index in [2.05, 4.69) is 27.8 Å². The normalized spacial score (nSPS) is 15.9. The summed E-state index contributed by atoms with van der Waals surface area (Å²) in [5, 5.41) is 6.65. The molecule has 1 heterocycles. The van der Waals surface area contributed by atoms with Crippen molar-refractivity contribution in [3.8, 4) is 5.75 Å². The van der Waals surface area contributed by atoms with Crippen LogP contribution in [0.4, 0.5) is 0 Å². The van der Waals surface area contributed by atoms with Crippen LogP contribution < -0.4 is 15.4 Å². The number of ether oxygens (including phenoxy) is 2. The van der Waals surface area contributed by atoms with Gasteiger partial charge in [-0.3, -0.25) is 4.79 Å². The summed E-state index contributed by atoms with van der Waals surface area (Å²) in [7, 11) is 5.15. The second kappa shape index (κ2) is 12.1. The molecule has 2 rings (SSSR count). The highest BCUT2D eigenvalue weighted by molar-refractivity contribution is 14.0. The van der Waals surface area contributed by atoms with Crippen LogP contribution in [0.25, 0.3) is 0 Å². The minimum Gasteiger partial charge on any atom is -0.497 e. The average molecular weight is 504 g/mol. The average Bonchev–Trinajstić information content (AvgIpc) is 2.70. The van der Waals surface area contributed by atoms with Crippen LogP contribution in [0.15, 0.2) is 29.3 Å². The zero-order valence-electron chi connectivity index (χ0n) is 17.3. The Morgan fingerprint density at radius 3 is 2.39 bits per heavy atom. The van der Waals surface area contributed by atoms with Gasteiger partial charge in [-0.15, -0.1) is 24.0 Å². The van der Waals surface area contributed by atoms with Gasteiger partial charge in [0.1, 0.15) is 12.3 Å². The first kappa shape index (κ1) is 24.5. The number of benzene rings is 1. The van der Waals surface area contributed by atoms with Gasteiger partial charge in [0, 0.05) is 45.8 Å². The molecule has 7 nitrogen and oxygen atoms in total. The lowest BCUT2D eigenvalue weighted by Crippen LogP contribution is -2.48. The second-order valence-corrected chi connectivity index (χ2v) is 6.96. The van der Waals surface area contributed by atoms with Crippen LogP contribution in [0.5, 0.6) is 5.75 Å². The smallest absolute Gasteiger partial charge is 0.243 e. The standard InChI is InChI=1S/C20H32N4O3.HI/c1-5-21-19(22-14-18(25)24(2)3)23-15-20(10-12-27-13-11-20)16-6-8-17(26-4)9-7-16;/h6-9H,5,10-15H2,1-4H3,(H2,21,22,23);1H. The maximum Gasteiger partial charge on any atom is 0.243 e. The number of carbonyl (C=O) groups excluding carboxylic acids is 1. The fraction of sp³-hybridized carbons (Fsp3) is 0.600. The lowest BCUT2D eigenvalue weighted by Gasteiger charge is -2.38. The molecular formula is C20H33IN4O3. The third-order valence-electron chi connectivity index (χ3n) is 4.96. The maximum atomic E-state index is 11.8. The van der Waals surface area contributed by atoms with E-state index in [1.807, 2.05) is 19.1 Å². The molecule has 0 radical (unpaired) electrons. The molecule has 2 N–H and O–H groups in total. The Bertz CT molecular complexity index is 629. The molecule has 0 atom stereocenters. The molecule has 1 amide bonds. The maximum absolute atomic E-state index is 11.8. The number of likely N-dealkylation sites (N-methyl/N-ethyl adjacent to an activating group) is 1. The molecule has 0 spiro atoms. The highest BCUT2D eigenvalue weighted by Crippen LogP contribution is 2.35. The first-order valence-corrected chi connectivity index (χ1v) is 9.45. The summed E-state index contributed by atoms with van der Waals surface area (Å²) in [5.41, 5.74) is 1.23. The highest BCUT2D eigenvalue weighted by atomic mass is 127. The van der Waals surface area contributed by atoms with Gasteiger partial charge in [-0.05, 0) is 37.5 Å². The molecule has 1 aromatic rings. The Hall–Kier alpha value is -1.55. The molecule has 0 aliphatic carbocycles. The van der Waals surface area contributed by atoms with Gasteiger partial charge in [-0.25, -0.2) is 4.99 Å². The zero-order chi connectivity index (χ0) is 19.7. The topological polar surface area (TPSA) is 75.2 Å². The van der Waals surface area contributed by atoms with E-state index < -0.39 is 0 Å². The number of halogens is 1. The number of rotatable bonds is 7. The van der Waals surface area contributed by atoms with Gasteiger partial charge < -0.3 is 25.0 Å². The minimum atomic E-state index is -0.0354. The Morgan fingerprint density at radius 1 is 1.21 bits per heavy atom. The molecule has 0 saturated carbocycles. The van der Waals surface area contributed by atoms with Gasteiger partial charge in [-0.1, -0.05) is 12.1 Å². The van der Waals surface area contributed by atoms with Crippen LogP contribution >= 0.6 is 24.0 Å². The van der Waals surface area contributed by atoms with Crippen molar-refractivity contribution in [3.63, 3.8) is 0 Å². The van der Waals surface area contributed by atoms with Crippen LogP contribution in [-0.4, -0.2) is 70.8 Å². The van der Waals surface area contributed by atoms with Crippen LogP contribution in [0, 0.1) is 0 Å². The monoisotopic (exact) mass is 504 g/mol. The van der Waals surface area contributed by atoms with Crippen molar-refractivity contribution in [1.29, 1.82) is 0 Å². The van der Waals surface area contributed by atoms with Crippen molar-refractivity contribution >= 4 is 35.8 Å². The molecule has 1 aromatic carbocycles. The van der Waals surface area contributed by atoms with E-state index in [1.165, 1.54) is 5.56 Å². The molecular weight excluding hydrogens is 471 g/mol. The van der Waals surface area contributed by atoms with Gasteiger partial charge in [-0.2, -0.15) is 0 Å². The van der Waals surface area contributed by atoms with E-state index in [0.29, 0.717) is 5.96 Å². The Labute approximate surface area is 185 Å². The van der Waals surface area contributed by atoms with Gasteiger partial charge in [0.2, 0.25) is 5.91 Å². The molecule has 158 valence electrons. The third kappa shape index (κ3) is 6.80. The number of carbonyl (C=O) groups is 1. The first-order chi connectivity index (χ1) is 13.0. The largest absolute Gasteiger partial charge is 0.497 e. The second-order valence-electron chi connectivity index (χ2n) is 6.96. The van der Waals surface area contributed by atoms with Gasteiger partial charge in [0.25, 0.3) is 0 Å². The number of amides is 1. The van der Waals surface area contributed by atoms with Crippen LogP contribution in [-0.2, 0) is 14.9 Å². The quantitative estimate of drug-likeness (QED) is 0.338. The Morgan fingerprint density at radius 2 is 1.86 bits per heavy atom. The summed E-state index contributed by atoms with van der Waals surface area (Å²) < 4.78 is 10.9. The van der Waals surface area contributed by atoms with E-state index >= 15 is 0 Å². The molecule has 1 saturated heterocycles. The Kier molecular flexibility index (Phi) is 10.6. The zero-order valence-corrected chi connectivity index (χ0v) is 19.6. The highest BCUT2D eigenvalue weighted by Gasteiger charge is 2.34. The summed E-state index contributed by atoms with van der Waals surface area (Å²) in [6.45, 7) is 5.08. The summed E-state index contributed by atoms with van der Waals surface area (Å²) in [6, 6.07) is 8.26. The number of hydrogen-bond acceptors (Lipinski definition) is 4. The summed E-state index contributed by atoms with van der Waals surface area (Å²) in [4.78, 5) is 17.8. The number of nitrogens with zero attached hydrogens (tertiary/aromatic N) is 2. The SMILES string of the molecule is CCNC(=NCC(=O)N(C)C)NCC1(c2ccc(OC)cc2)CCOCC1.I. The lowest BCUT2D eigenvalue weighted by molar-refractivity contribution is -0.127. The summed E-state index contributed by atoms with van der Waals surface area (Å²) in [5.74, 6) is 1.49. The van der Waals surface area contributed by atoms with Gasteiger partial charge in [0.05, 0.1) is 7.11 Å². The third-order valence-corrected chi connectivity index (χ3v) is 4.96. The van der Waals surface area contributed by atoms with Crippen molar-refractivity contribution in [3.05, 3.63) is 29.8 Å². The van der Waals surface area contributed by atoms with Crippen LogP contribution in [0.1, 0.15) is 25.3 Å². The number of methoxy groups -OCH3 is 1. The van der Waals surface area contributed by atoms with Crippen LogP contribution in [0.3, 0.4) is 0 Å². The molecule has 8 heteroatoms. The van der Waals surface area contributed by atoms with E-state index in [9.17, 15) is 4.79 Å². The summed E-state index contributed by atoms with van der Waals surface area (Å²) >= 11 is 0. The van der Waals surface area contributed by atoms with E-state index in [1.54, 1.807) is 26.1 Å². The fourth-order valence-electron chi connectivity index (χ4n) is 3.16. The molecule has 0 bridgehead atoms. The van der Waals surface area contributed by atoms with E-state index in [0.717, 1.165) is 44.9 Å².